The van der Waals surface area contributed by atoms with Crippen LogP contribution in [0.3, 0.4) is 0 Å². The fraction of sp³-hybridized carbons (Fsp3) is 0.105. The first-order valence-electron chi connectivity index (χ1n) is 7.80. The molecule has 0 spiro atoms. The molecule has 0 aliphatic heterocycles. The number of anilines is 1. The van der Waals surface area contributed by atoms with E-state index in [4.69, 9.17) is 23.2 Å². The highest BCUT2D eigenvalue weighted by Gasteiger charge is 2.17. The number of hydrogen-bond acceptors (Lipinski definition) is 3. The molecule has 0 aliphatic rings. The van der Waals surface area contributed by atoms with Crippen LogP contribution in [0.1, 0.15) is 21.7 Å². The van der Waals surface area contributed by atoms with Crippen LogP contribution in [0.5, 0.6) is 0 Å². The molecule has 3 rings (SSSR count). The standard InChI is InChI=1S/C19H15Cl2N3O2/c1-11-7-8-15(14(21)9-11)22-19(26)18-17(25)10-12(2)24(23-18)16-6-4-3-5-13(16)20/h3-10H,1-2H3,(H,22,26). The van der Waals surface area contributed by atoms with Gasteiger partial charge in [-0.3, -0.25) is 9.59 Å². The number of benzene rings is 2. The predicted molar refractivity (Wildman–Crippen MR) is 104 cm³/mol. The Kier molecular flexibility index (Phi) is 5.11. The lowest BCUT2D eigenvalue weighted by molar-refractivity contribution is 0.101. The molecular formula is C19H15Cl2N3O2. The summed E-state index contributed by atoms with van der Waals surface area (Å²) in [6.45, 7) is 3.61. The van der Waals surface area contributed by atoms with Crippen LogP contribution in [-0.2, 0) is 0 Å². The number of carbonyl (C=O) groups excluding carboxylic acids is 1. The molecule has 0 radical (unpaired) electrons. The van der Waals surface area contributed by atoms with Crippen molar-refractivity contribution in [1.82, 2.24) is 9.78 Å². The van der Waals surface area contributed by atoms with E-state index < -0.39 is 11.3 Å². The first kappa shape index (κ1) is 18.2. The van der Waals surface area contributed by atoms with Gasteiger partial charge in [0.25, 0.3) is 5.91 Å². The van der Waals surface area contributed by atoms with Gasteiger partial charge >= 0.3 is 0 Å². The van der Waals surface area contributed by atoms with Gasteiger partial charge in [-0.25, -0.2) is 4.68 Å². The summed E-state index contributed by atoms with van der Waals surface area (Å²) >= 11 is 12.3. The fourth-order valence-corrected chi connectivity index (χ4v) is 2.97. The number of aryl methyl sites for hydroxylation is 2. The predicted octanol–water partition coefficient (Wildman–Crippen LogP) is 4.41. The highest BCUT2D eigenvalue weighted by molar-refractivity contribution is 6.34. The molecule has 1 heterocycles. The molecule has 0 fully saturated rings. The highest BCUT2D eigenvalue weighted by atomic mass is 35.5. The smallest absolute Gasteiger partial charge is 0.280 e. The Morgan fingerprint density at radius 2 is 1.77 bits per heavy atom. The van der Waals surface area contributed by atoms with Crippen LogP contribution in [0.25, 0.3) is 5.69 Å². The zero-order valence-electron chi connectivity index (χ0n) is 14.1. The quantitative estimate of drug-likeness (QED) is 0.723. The Bertz CT molecular complexity index is 1060. The third-order valence-corrected chi connectivity index (χ3v) is 4.41. The maximum absolute atomic E-state index is 12.6. The largest absolute Gasteiger partial charge is 0.319 e. The molecule has 132 valence electrons. The van der Waals surface area contributed by atoms with Crippen LogP contribution < -0.4 is 10.7 Å². The van der Waals surface area contributed by atoms with E-state index >= 15 is 0 Å². The minimum atomic E-state index is -0.637. The molecule has 7 heteroatoms. The number of nitrogens with zero attached hydrogens (tertiary/aromatic N) is 2. The van der Waals surface area contributed by atoms with Crippen molar-refractivity contribution in [3.05, 3.63) is 85.8 Å². The summed E-state index contributed by atoms with van der Waals surface area (Å²) in [5.41, 5.74) is 1.79. The molecule has 0 saturated heterocycles. The van der Waals surface area contributed by atoms with Crippen molar-refractivity contribution in [3.8, 4) is 5.69 Å². The monoisotopic (exact) mass is 387 g/mol. The second kappa shape index (κ2) is 7.32. The number of amides is 1. The molecule has 1 aromatic heterocycles. The van der Waals surface area contributed by atoms with E-state index in [1.165, 1.54) is 10.7 Å². The molecular weight excluding hydrogens is 373 g/mol. The normalized spacial score (nSPS) is 10.6. The Morgan fingerprint density at radius 3 is 2.46 bits per heavy atom. The summed E-state index contributed by atoms with van der Waals surface area (Å²) in [6, 6.07) is 13.6. The third kappa shape index (κ3) is 3.64. The molecule has 0 saturated carbocycles. The average Bonchev–Trinajstić information content (AvgIpc) is 2.58. The molecule has 0 aliphatic carbocycles. The summed E-state index contributed by atoms with van der Waals surface area (Å²) < 4.78 is 1.47. The van der Waals surface area contributed by atoms with Crippen LogP contribution in [0.2, 0.25) is 10.0 Å². The van der Waals surface area contributed by atoms with Crippen LogP contribution in [0, 0.1) is 13.8 Å². The fourth-order valence-electron chi connectivity index (χ4n) is 2.48. The topological polar surface area (TPSA) is 64.0 Å². The first-order valence-corrected chi connectivity index (χ1v) is 8.56. The van der Waals surface area contributed by atoms with Gasteiger partial charge in [-0.1, -0.05) is 41.4 Å². The summed E-state index contributed by atoms with van der Waals surface area (Å²) in [5, 5.41) is 7.68. The average molecular weight is 388 g/mol. The molecule has 1 amide bonds. The first-order chi connectivity index (χ1) is 12.4. The maximum Gasteiger partial charge on any atom is 0.280 e. The van der Waals surface area contributed by atoms with E-state index in [-0.39, 0.29) is 5.69 Å². The van der Waals surface area contributed by atoms with Gasteiger partial charge in [0.1, 0.15) is 0 Å². The molecule has 1 N–H and O–H groups in total. The van der Waals surface area contributed by atoms with E-state index in [1.54, 1.807) is 43.3 Å². The van der Waals surface area contributed by atoms with E-state index in [0.717, 1.165) is 5.56 Å². The van der Waals surface area contributed by atoms with Crippen molar-refractivity contribution < 1.29 is 4.79 Å². The number of hydrogen-bond donors (Lipinski definition) is 1. The zero-order chi connectivity index (χ0) is 18.8. The number of para-hydroxylation sites is 1. The van der Waals surface area contributed by atoms with Gasteiger partial charge in [0, 0.05) is 11.8 Å². The second-order valence-corrected chi connectivity index (χ2v) is 6.61. The third-order valence-electron chi connectivity index (χ3n) is 3.78. The van der Waals surface area contributed by atoms with Crippen LogP contribution in [-0.4, -0.2) is 15.7 Å². The van der Waals surface area contributed by atoms with Crippen molar-refractivity contribution in [3.63, 3.8) is 0 Å². The van der Waals surface area contributed by atoms with Crippen molar-refractivity contribution in [1.29, 1.82) is 0 Å². The number of aromatic nitrogens is 2. The summed E-state index contributed by atoms with van der Waals surface area (Å²) in [4.78, 5) is 24.8. The Morgan fingerprint density at radius 1 is 1.04 bits per heavy atom. The Hall–Kier alpha value is -2.63. The van der Waals surface area contributed by atoms with Crippen molar-refractivity contribution >= 4 is 34.8 Å². The molecule has 3 aromatic rings. The molecule has 0 bridgehead atoms. The van der Waals surface area contributed by atoms with Crippen LogP contribution in [0.15, 0.2) is 53.3 Å². The highest BCUT2D eigenvalue weighted by Crippen LogP contribution is 2.23. The van der Waals surface area contributed by atoms with Crippen molar-refractivity contribution in [2.75, 3.05) is 5.32 Å². The Labute approximate surface area is 160 Å². The second-order valence-electron chi connectivity index (χ2n) is 5.80. The summed E-state index contributed by atoms with van der Waals surface area (Å²) in [5.74, 6) is -0.637. The number of nitrogens with one attached hydrogen (secondary N) is 1. The lowest BCUT2D eigenvalue weighted by Crippen LogP contribution is -2.27. The number of rotatable bonds is 3. The van der Waals surface area contributed by atoms with Crippen molar-refractivity contribution in [2.24, 2.45) is 0 Å². The zero-order valence-corrected chi connectivity index (χ0v) is 15.6. The molecule has 2 aromatic carbocycles. The summed E-state index contributed by atoms with van der Waals surface area (Å²) in [6.07, 6.45) is 0. The minimum absolute atomic E-state index is 0.243. The number of carbonyl (C=O) groups is 1. The van der Waals surface area contributed by atoms with Gasteiger partial charge in [0.2, 0.25) is 5.43 Å². The molecule has 26 heavy (non-hydrogen) atoms. The van der Waals surface area contributed by atoms with Gasteiger partial charge in [-0.15, -0.1) is 0 Å². The maximum atomic E-state index is 12.6. The SMILES string of the molecule is Cc1ccc(NC(=O)c2nn(-c3ccccc3Cl)c(C)cc2=O)c(Cl)c1. The van der Waals surface area contributed by atoms with E-state index in [0.29, 0.717) is 27.1 Å². The van der Waals surface area contributed by atoms with Gasteiger partial charge in [0.05, 0.1) is 21.4 Å². The van der Waals surface area contributed by atoms with Gasteiger partial charge in [-0.05, 0) is 43.7 Å². The van der Waals surface area contributed by atoms with Gasteiger partial charge in [-0.2, -0.15) is 5.10 Å². The van der Waals surface area contributed by atoms with Crippen molar-refractivity contribution in [2.45, 2.75) is 13.8 Å². The lowest BCUT2D eigenvalue weighted by Gasteiger charge is -2.13. The number of halogens is 2. The summed E-state index contributed by atoms with van der Waals surface area (Å²) in [7, 11) is 0. The molecule has 0 unspecified atom stereocenters. The van der Waals surface area contributed by atoms with E-state index in [2.05, 4.69) is 10.4 Å². The van der Waals surface area contributed by atoms with E-state index in [9.17, 15) is 9.59 Å². The van der Waals surface area contributed by atoms with Gasteiger partial charge in [0.15, 0.2) is 5.69 Å². The van der Waals surface area contributed by atoms with Crippen LogP contribution >= 0.6 is 23.2 Å². The lowest BCUT2D eigenvalue weighted by atomic mass is 10.2. The molecule has 5 nitrogen and oxygen atoms in total. The van der Waals surface area contributed by atoms with Gasteiger partial charge < -0.3 is 5.32 Å². The van der Waals surface area contributed by atoms with Crippen LogP contribution in [0.4, 0.5) is 5.69 Å². The Balaban J connectivity index is 2.02. The van der Waals surface area contributed by atoms with E-state index in [1.807, 2.05) is 13.0 Å². The minimum Gasteiger partial charge on any atom is -0.319 e. The molecule has 0 atom stereocenters.